The van der Waals surface area contributed by atoms with Gasteiger partial charge in [-0.2, -0.15) is 5.10 Å². The summed E-state index contributed by atoms with van der Waals surface area (Å²) in [5.41, 5.74) is 2.68. The van der Waals surface area contributed by atoms with E-state index in [4.69, 9.17) is 4.74 Å². The van der Waals surface area contributed by atoms with E-state index in [2.05, 4.69) is 20.3 Å². The number of morpholine rings is 1. The molecule has 0 aliphatic carbocycles. The maximum Gasteiger partial charge on any atom is 0.573 e. The summed E-state index contributed by atoms with van der Waals surface area (Å²) in [4.78, 5) is 14.3. The summed E-state index contributed by atoms with van der Waals surface area (Å²) >= 11 is 0. The zero-order chi connectivity index (χ0) is 19.6. The Morgan fingerprint density at radius 3 is 2.85 bits per heavy atom. The molecule has 1 aliphatic rings. The van der Waals surface area contributed by atoms with E-state index in [1.807, 2.05) is 13.8 Å². The summed E-state index contributed by atoms with van der Waals surface area (Å²) in [5, 5.41) is 9.66. The number of benzene rings is 1. The molecule has 1 saturated heterocycles. The molecule has 1 unspecified atom stereocenters. The second-order valence-electron chi connectivity index (χ2n) is 6.14. The molecule has 1 atom stereocenters. The standard InChI is InChI=1S/C17H19F3N4O3/c1-10-15(11(2)23-22-10)14-9-26-7-6-24(14)16(25)21-12-4-3-5-13(8-12)27-17(18,19)20/h3-5,8,14H,6-7,9H2,1-2H3,(H,21,25)(H,22,23). The molecule has 1 aromatic carbocycles. The Morgan fingerprint density at radius 1 is 1.41 bits per heavy atom. The van der Waals surface area contributed by atoms with Gasteiger partial charge in [0.05, 0.1) is 24.9 Å². The highest BCUT2D eigenvalue weighted by atomic mass is 19.4. The molecular formula is C17H19F3N4O3. The van der Waals surface area contributed by atoms with Gasteiger partial charge in [-0.1, -0.05) is 6.07 Å². The zero-order valence-corrected chi connectivity index (χ0v) is 14.8. The molecule has 146 valence electrons. The summed E-state index contributed by atoms with van der Waals surface area (Å²) in [7, 11) is 0. The van der Waals surface area contributed by atoms with Crippen molar-refractivity contribution in [3.63, 3.8) is 0 Å². The van der Waals surface area contributed by atoms with Crippen LogP contribution in [0.3, 0.4) is 0 Å². The molecule has 1 aromatic heterocycles. The van der Waals surface area contributed by atoms with Gasteiger partial charge < -0.3 is 19.7 Å². The van der Waals surface area contributed by atoms with Crippen LogP contribution in [-0.4, -0.2) is 47.2 Å². The van der Waals surface area contributed by atoms with Crippen molar-refractivity contribution in [2.45, 2.75) is 26.3 Å². The summed E-state index contributed by atoms with van der Waals surface area (Å²) in [6, 6.07) is 4.37. The van der Waals surface area contributed by atoms with E-state index in [0.29, 0.717) is 19.8 Å². The fourth-order valence-electron chi connectivity index (χ4n) is 3.10. The molecule has 3 rings (SSSR count). The lowest BCUT2D eigenvalue weighted by Crippen LogP contribution is -2.45. The molecule has 27 heavy (non-hydrogen) atoms. The van der Waals surface area contributed by atoms with Gasteiger partial charge in [0.2, 0.25) is 0 Å². The van der Waals surface area contributed by atoms with E-state index < -0.39 is 18.1 Å². The highest BCUT2D eigenvalue weighted by molar-refractivity contribution is 5.90. The van der Waals surface area contributed by atoms with Gasteiger partial charge in [0.1, 0.15) is 5.75 Å². The number of anilines is 1. The summed E-state index contributed by atoms with van der Waals surface area (Å²) in [6.45, 7) is 4.72. The van der Waals surface area contributed by atoms with Crippen molar-refractivity contribution in [1.82, 2.24) is 15.1 Å². The van der Waals surface area contributed by atoms with Crippen LogP contribution in [0.4, 0.5) is 23.7 Å². The number of carbonyl (C=O) groups is 1. The Kier molecular flexibility index (Phi) is 5.26. The van der Waals surface area contributed by atoms with E-state index in [1.165, 1.54) is 18.2 Å². The first-order valence-corrected chi connectivity index (χ1v) is 8.27. The Bertz CT molecular complexity index is 802. The number of aryl methyl sites for hydroxylation is 2. The number of aromatic amines is 1. The van der Waals surface area contributed by atoms with Crippen LogP contribution < -0.4 is 10.1 Å². The maximum absolute atomic E-state index is 12.8. The van der Waals surface area contributed by atoms with Crippen molar-refractivity contribution in [1.29, 1.82) is 0 Å². The number of ether oxygens (including phenoxy) is 2. The van der Waals surface area contributed by atoms with E-state index in [1.54, 1.807) is 4.90 Å². The second kappa shape index (κ2) is 7.47. The van der Waals surface area contributed by atoms with Crippen LogP contribution in [0.15, 0.2) is 24.3 Å². The lowest BCUT2D eigenvalue weighted by Gasteiger charge is -2.36. The zero-order valence-electron chi connectivity index (χ0n) is 14.8. The summed E-state index contributed by atoms with van der Waals surface area (Å²) in [6.07, 6.45) is -4.80. The Labute approximate surface area is 153 Å². The first-order valence-electron chi connectivity index (χ1n) is 8.27. The number of rotatable bonds is 3. The van der Waals surface area contributed by atoms with E-state index in [-0.39, 0.29) is 11.7 Å². The topological polar surface area (TPSA) is 79.5 Å². The Balaban J connectivity index is 1.77. The number of alkyl halides is 3. The van der Waals surface area contributed by atoms with Crippen LogP contribution in [0.2, 0.25) is 0 Å². The van der Waals surface area contributed by atoms with Crippen LogP contribution in [0, 0.1) is 13.8 Å². The molecule has 10 heteroatoms. The molecule has 0 bridgehead atoms. The van der Waals surface area contributed by atoms with Crippen molar-refractivity contribution in [2.24, 2.45) is 0 Å². The Hall–Kier alpha value is -2.75. The van der Waals surface area contributed by atoms with Crippen molar-refractivity contribution in [3.05, 3.63) is 41.2 Å². The lowest BCUT2D eigenvalue weighted by atomic mass is 10.0. The van der Waals surface area contributed by atoms with Crippen LogP contribution >= 0.6 is 0 Å². The number of urea groups is 1. The van der Waals surface area contributed by atoms with Gasteiger partial charge in [-0.25, -0.2) is 4.79 Å². The van der Waals surface area contributed by atoms with E-state index in [0.717, 1.165) is 23.0 Å². The quantitative estimate of drug-likeness (QED) is 0.849. The van der Waals surface area contributed by atoms with Crippen LogP contribution in [0.5, 0.6) is 5.75 Å². The van der Waals surface area contributed by atoms with Gasteiger partial charge in [0.25, 0.3) is 0 Å². The van der Waals surface area contributed by atoms with Crippen LogP contribution in [-0.2, 0) is 4.74 Å². The number of amides is 2. The minimum absolute atomic E-state index is 0.202. The number of H-pyrrole nitrogens is 1. The van der Waals surface area contributed by atoms with Gasteiger partial charge in [-0.3, -0.25) is 5.10 Å². The van der Waals surface area contributed by atoms with Gasteiger partial charge in [0.15, 0.2) is 0 Å². The molecule has 2 heterocycles. The number of nitrogens with one attached hydrogen (secondary N) is 2. The molecule has 2 aromatic rings. The van der Waals surface area contributed by atoms with Gasteiger partial charge in [0, 0.05) is 29.6 Å². The van der Waals surface area contributed by atoms with Gasteiger partial charge >= 0.3 is 12.4 Å². The molecule has 0 spiro atoms. The summed E-state index contributed by atoms with van der Waals surface area (Å²) in [5.74, 6) is -0.402. The number of carbonyl (C=O) groups excluding carboxylic acids is 1. The molecule has 1 aliphatic heterocycles. The molecule has 2 amide bonds. The first kappa shape index (κ1) is 19.0. The fraction of sp³-hybridized carbons (Fsp3) is 0.412. The SMILES string of the molecule is Cc1n[nH]c(C)c1C1COCCN1C(=O)Nc1cccc(OC(F)(F)F)c1. The average Bonchev–Trinajstić information content (AvgIpc) is 2.92. The fourth-order valence-corrected chi connectivity index (χ4v) is 3.10. The largest absolute Gasteiger partial charge is 0.573 e. The average molecular weight is 384 g/mol. The molecule has 0 saturated carbocycles. The van der Waals surface area contributed by atoms with Gasteiger partial charge in [-0.15, -0.1) is 13.2 Å². The van der Waals surface area contributed by atoms with Crippen LogP contribution in [0.1, 0.15) is 23.0 Å². The highest BCUT2D eigenvalue weighted by Gasteiger charge is 2.33. The predicted molar refractivity (Wildman–Crippen MR) is 90.5 cm³/mol. The molecule has 2 N–H and O–H groups in total. The van der Waals surface area contributed by atoms with E-state index >= 15 is 0 Å². The first-order chi connectivity index (χ1) is 12.7. The highest BCUT2D eigenvalue weighted by Crippen LogP contribution is 2.30. The van der Waals surface area contributed by atoms with Crippen molar-refractivity contribution in [2.75, 3.05) is 25.1 Å². The predicted octanol–water partition coefficient (Wildman–Crippen LogP) is 3.53. The summed E-state index contributed by atoms with van der Waals surface area (Å²) < 4.78 is 46.5. The van der Waals surface area contributed by atoms with Gasteiger partial charge in [-0.05, 0) is 26.0 Å². The molecular weight excluding hydrogens is 365 g/mol. The van der Waals surface area contributed by atoms with Crippen molar-refractivity contribution < 1.29 is 27.4 Å². The third kappa shape index (κ3) is 4.51. The smallest absolute Gasteiger partial charge is 0.406 e. The minimum Gasteiger partial charge on any atom is -0.406 e. The second-order valence-corrected chi connectivity index (χ2v) is 6.14. The molecule has 1 fully saturated rings. The number of hydrogen-bond acceptors (Lipinski definition) is 4. The molecule has 0 radical (unpaired) electrons. The normalized spacial score (nSPS) is 17.7. The van der Waals surface area contributed by atoms with Crippen molar-refractivity contribution >= 4 is 11.7 Å². The number of hydrogen-bond donors (Lipinski definition) is 2. The third-order valence-electron chi connectivity index (χ3n) is 4.23. The maximum atomic E-state index is 12.8. The Morgan fingerprint density at radius 2 is 2.19 bits per heavy atom. The monoisotopic (exact) mass is 384 g/mol. The minimum atomic E-state index is -4.80. The molecule has 7 nitrogen and oxygen atoms in total. The van der Waals surface area contributed by atoms with Crippen LogP contribution in [0.25, 0.3) is 0 Å². The number of halogens is 3. The third-order valence-corrected chi connectivity index (χ3v) is 4.23. The lowest BCUT2D eigenvalue weighted by molar-refractivity contribution is -0.274. The number of aromatic nitrogens is 2. The van der Waals surface area contributed by atoms with Crippen molar-refractivity contribution in [3.8, 4) is 5.75 Å². The van der Waals surface area contributed by atoms with E-state index in [9.17, 15) is 18.0 Å². The number of nitrogens with zero attached hydrogens (tertiary/aromatic N) is 2.